The molecule has 0 saturated heterocycles. The van der Waals surface area contributed by atoms with Crippen LogP contribution in [-0.2, 0) is 0 Å². The lowest BCUT2D eigenvalue weighted by Gasteiger charge is -2.07. The minimum Gasteiger partial charge on any atom is -0.294 e. The normalized spacial score (nSPS) is 10.9. The SMILES string of the molecule is CC.CC(C)=CC[C@H](C)C(=O)c1cccnc1. The fourth-order valence-corrected chi connectivity index (χ4v) is 1.31. The molecule has 0 aliphatic carbocycles. The zero-order valence-electron chi connectivity index (χ0n) is 11.5. The van der Waals surface area contributed by atoms with Crippen molar-refractivity contribution in [2.45, 2.75) is 41.0 Å². The van der Waals surface area contributed by atoms with Gasteiger partial charge in [-0.2, -0.15) is 0 Å². The molecule has 0 fully saturated rings. The highest BCUT2D eigenvalue weighted by molar-refractivity contribution is 5.97. The fraction of sp³-hybridized carbons (Fsp3) is 0.467. The Hall–Kier alpha value is -1.44. The van der Waals surface area contributed by atoms with Gasteiger partial charge in [0.05, 0.1) is 0 Å². The van der Waals surface area contributed by atoms with Gasteiger partial charge in [0, 0.05) is 23.9 Å². The van der Waals surface area contributed by atoms with Crippen molar-refractivity contribution < 1.29 is 4.79 Å². The van der Waals surface area contributed by atoms with Crippen LogP contribution in [0.15, 0.2) is 36.2 Å². The Balaban J connectivity index is 0.00000121. The van der Waals surface area contributed by atoms with E-state index in [2.05, 4.69) is 11.1 Å². The van der Waals surface area contributed by atoms with E-state index in [1.165, 1.54) is 5.57 Å². The van der Waals surface area contributed by atoms with Crippen molar-refractivity contribution >= 4 is 5.78 Å². The van der Waals surface area contributed by atoms with Gasteiger partial charge >= 0.3 is 0 Å². The quantitative estimate of drug-likeness (QED) is 0.574. The number of rotatable bonds is 4. The van der Waals surface area contributed by atoms with Gasteiger partial charge in [0.1, 0.15) is 0 Å². The van der Waals surface area contributed by atoms with E-state index in [-0.39, 0.29) is 11.7 Å². The third-order valence-corrected chi connectivity index (χ3v) is 2.27. The molecule has 0 amide bonds. The largest absolute Gasteiger partial charge is 0.294 e. The first-order valence-electron chi connectivity index (χ1n) is 6.19. The number of ketones is 1. The van der Waals surface area contributed by atoms with Crippen molar-refractivity contribution in [2.75, 3.05) is 0 Å². The molecule has 1 aromatic rings. The summed E-state index contributed by atoms with van der Waals surface area (Å²) < 4.78 is 0. The Bertz CT molecular complexity index is 350. The number of carbonyl (C=O) groups excluding carboxylic acids is 1. The third kappa shape index (κ3) is 6.00. The molecular formula is C15H23NO. The summed E-state index contributed by atoms with van der Waals surface area (Å²) >= 11 is 0. The monoisotopic (exact) mass is 233 g/mol. The van der Waals surface area contributed by atoms with Gasteiger partial charge in [-0.1, -0.05) is 32.4 Å². The lowest BCUT2D eigenvalue weighted by Crippen LogP contribution is -2.10. The van der Waals surface area contributed by atoms with E-state index in [0.717, 1.165) is 6.42 Å². The number of allylic oxidation sites excluding steroid dienone is 2. The smallest absolute Gasteiger partial charge is 0.167 e. The highest BCUT2D eigenvalue weighted by Crippen LogP contribution is 2.12. The van der Waals surface area contributed by atoms with Crippen molar-refractivity contribution in [3.05, 3.63) is 41.7 Å². The second-order valence-electron chi connectivity index (χ2n) is 4.02. The van der Waals surface area contributed by atoms with Crippen molar-refractivity contribution in [2.24, 2.45) is 5.92 Å². The lowest BCUT2D eigenvalue weighted by atomic mass is 9.97. The summed E-state index contributed by atoms with van der Waals surface area (Å²) in [7, 11) is 0. The maximum Gasteiger partial charge on any atom is 0.167 e. The predicted molar refractivity (Wildman–Crippen MR) is 73.1 cm³/mol. The van der Waals surface area contributed by atoms with Gasteiger partial charge in [-0.15, -0.1) is 0 Å². The van der Waals surface area contributed by atoms with E-state index >= 15 is 0 Å². The standard InChI is InChI=1S/C13H17NO.C2H6/c1-10(2)6-7-11(3)13(15)12-5-4-8-14-9-12;1-2/h4-6,8-9,11H,7H2,1-3H3;1-2H3/t11-;/m0./s1. The van der Waals surface area contributed by atoms with Crippen LogP contribution in [-0.4, -0.2) is 10.8 Å². The van der Waals surface area contributed by atoms with Gasteiger partial charge in [0.15, 0.2) is 5.78 Å². The molecular weight excluding hydrogens is 210 g/mol. The molecule has 17 heavy (non-hydrogen) atoms. The average Bonchev–Trinajstić information content (AvgIpc) is 2.38. The van der Waals surface area contributed by atoms with E-state index < -0.39 is 0 Å². The molecule has 0 bridgehead atoms. The maximum absolute atomic E-state index is 11.9. The number of carbonyl (C=O) groups is 1. The zero-order valence-corrected chi connectivity index (χ0v) is 11.5. The van der Waals surface area contributed by atoms with Crippen LogP contribution in [0, 0.1) is 5.92 Å². The number of nitrogens with zero attached hydrogens (tertiary/aromatic N) is 1. The van der Waals surface area contributed by atoms with Crippen molar-refractivity contribution in [3.8, 4) is 0 Å². The van der Waals surface area contributed by atoms with Crippen LogP contribution in [0.2, 0.25) is 0 Å². The molecule has 1 heterocycles. The Labute approximate surface area is 105 Å². The topological polar surface area (TPSA) is 30.0 Å². The molecule has 0 spiro atoms. The summed E-state index contributed by atoms with van der Waals surface area (Å²) in [4.78, 5) is 15.8. The summed E-state index contributed by atoms with van der Waals surface area (Å²) in [5.41, 5.74) is 1.95. The molecule has 0 aromatic carbocycles. The third-order valence-electron chi connectivity index (χ3n) is 2.27. The molecule has 1 rings (SSSR count). The summed E-state index contributed by atoms with van der Waals surface area (Å²) in [5.74, 6) is 0.199. The van der Waals surface area contributed by atoms with Crippen LogP contribution in [0.5, 0.6) is 0 Å². The van der Waals surface area contributed by atoms with E-state index in [4.69, 9.17) is 0 Å². The number of Topliss-reactive ketones (excluding diaryl/α,β-unsaturated/α-hetero) is 1. The fourth-order valence-electron chi connectivity index (χ4n) is 1.31. The Morgan fingerprint density at radius 2 is 2.06 bits per heavy atom. The Kier molecular flexibility index (Phi) is 7.95. The molecule has 0 radical (unpaired) electrons. The van der Waals surface area contributed by atoms with E-state index in [9.17, 15) is 4.79 Å². The zero-order chi connectivity index (χ0) is 13.3. The molecule has 2 nitrogen and oxygen atoms in total. The van der Waals surface area contributed by atoms with Gasteiger partial charge in [-0.05, 0) is 32.4 Å². The summed E-state index contributed by atoms with van der Waals surface area (Å²) in [6.45, 7) is 10.0. The first-order valence-corrected chi connectivity index (χ1v) is 6.19. The molecule has 1 aromatic heterocycles. The summed E-state index contributed by atoms with van der Waals surface area (Å²) in [6.07, 6.45) is 6.20. The number of pyridine rings is 1. The first kappa shape index (κ1) is 15.6. The average molecular weight is 233 g/mol. The molecule has 0 aliphatic heterocycles. The van der Waals surface area contributed by atoms with Crippen molar-refractivity contribution in [3.63, 3.8) is 0 Å². The van der Waals surface area contributed by atoms with Gasteiger partial charge in [-0.25, -0.2) is 0 Å². The number of hydrogen-bond acceptors (Lipinski definition) is 2. The maximum atomic E-state index is 11.9. The molecule has 94 valence electrons. The Morgan fingerprint density at radius 3 is 2.53 bits per heavy atom. The molecule has 0 unspecified atom stereocenters. The molecule has 0 N–H and O–H groups in total. The van der Waals surface area contributed by atoms with Crippen LogP contribution in [0.1, 0.15) is 51.4 Å². The van der Waals surface area contributed by atoms with Gasteiger partial charge in [-0.3, -0.25) is 9.78 Å². The summed E-state index contributed by atoms with van der Waals surface area (Å²) in [5, 5.41) is 0. The van der Waals surface area contributed by atoms with Crippen LogP contribution in [0.3, 0.4) is 0 Å². The molecule has 0 aliphatic rings. The minimum atomic E-state index is 0.0316. The molecule has 2 heteroatoms. The minimum absolute atomic E-state index is 0.0316. The van der Waals surface area contributed by atoms with E-state index in [1.807, 2.05) is 40.7 Å². The Morgan fingerprint density at radius 1 is 1.41 bits per heavy atom. The van der Waals surface area contributed by atoms with E-state index in [0.29, 0.717) is 5.56 Å². The van der Waals surface area contributed by atoms with Gasteiger partial charge in [0.25, 0.3) is 0 Å². The van der Waals surface area contributed by atoms with Crippen LogP contribution in [0.25, 0.3) is 0 Å². The van der Waals surface area contributed by atoms with Crippen LogP contribution >= 0.6 is 0 Å². The van der Waals surface area contributed by atoms with E-state index in [1.54, 1.807) is 18.5 Å². The highest BCUT2D eigenvalue weighted by Gasteiger charge is 2.13. The van der Waals surface area contributed by atoms with Gasteiger partial charge in [0.2, 0.25) is 0 Å². The van der Waals surface area contributed by atoms with Crippen LogP contribution in [0.4, 0.5) is 0 Å². The van der Waals surface area contributed by atoms with Gasteiger partial charge < -0.3 is 0 Å². The molecule has 0 saturated carbocycles. The van der Waals surface area contributed by atoms with Crippen LogP contribution < -0.4 is 0 Å². The molecule has 1 atom stereocenters. The second kappa shape index (κ2) is 8.68. The highest BCUT2D eigenvalue weighted by atomic mass is 16.1. The van der Waals surface area contributed by atoms with Crippen molar-refractivity contribution in [1.29, 1.82) is 0 Å². The number of hydrogen-bond donors (Lipinski definition) is 0. The first-order chi connectivity index (χ1) is 8.11. The second-order valence-corrected chi connectivity index (χ2v) is 4.02. The van der Waals surface area contributed by atoms with Crippen molar-refractivity contribution in [1.82, 2.24) is 4.98 Å². The lowest BCUT2D eigenvalue weighted by molar-refractivity contribution is 0.0930. The predicted octanol–water partition coefficient (Wildman–Crippen LogP) is 4.28. The number of aromatic nitrogens is 1. The summed E-state index contributed by atoms with van der Waals surface area (Å²) in [6, 6.07) is 3.61.